The molecule has 0 aromatic heterocycles. The van der Waals surface area contributed by atoms with Gasteiger partial charge in [0.25, 0.3) is 0 Å². The molecule has 0 radical (unpaired) electrons. The number of aliphatic carboxylic acids is 1. The zero-order valence-electron chi connectivity index (χ0n) is 11.8. The van der Waals surface area contributed by atoms with E-state index in [0.717, 1.165) is 38.8 Å². The average molecular weight is 268 g/mol. The topological polar surface area (TPSA) is 69.6 Å². The third-order valence-corrected chi connectivity index (χ3v) is 4.30. The van der Waals surface area contributed by atoms with Gasteiger partial charge < -0.3 is 15.3 Å². The number of carboxylic acids is 1. The Morgan fingerprint density at radius 2 is 1.89 bits per heavy atom. The van der Waals surface area contributed by atoms with Crippen LogP contribution in [-0.2, 0) is 4.79 Å². The third kappa shape index (κ3) is 4.11. The number of hydrogen-bond acceptors (Lipinski definition) is 2. The van der Waals surface area contributed by atoms with Crippen molar-refractivity contribution in [3.05, 3.63) is 0 Å². The van der Waals surface area contributed by atoms with Gasteiger partial charge in [-0.3, -0.25) is 4.79 Å². The highest BCUT2D eigenvalue weighted by Gasteiger charge is 2.35. The number of likely N-dealkylation sites (tertiary alicyclic amines) is 1. The van der Waals surface area contributed by atoms with Crippen LogP contribution in [0.1, 0.15) is 46.0 Å². The zero-order chi connectivity index (χ0) is 14.0. The van der Waals surface area contributed by atoms with Gasteiger partial charge in [-0.25, -0.2) is 4.79 Å². The Bertz CT molecular complexity index is 354. The normalized spacial score (nSPS) is 23.8. The van der Waals surface area contributed by atoms with Crippen molar-refractivity contribution in [2.24, 2.45) is 11.3 Å². The predicted octanol–water partition coefficient (Wildman–Crippen LogP) is 2.07. The van der Waals surface area contributed by atoms with Crippen LogP contribution in [-0.4, -0.2) is 41.1 Å². The molecule has 1 unspecified atom stereocenters. The largest absolute Gasteiger partial charge is 0.481 e. The molecule has 0 aromatic rings. The number of carbonyl (C=O) groups excluding carboxylic acids is 1. The fourth-order valence-electron chi connectivity index (χ4n) is 2.59. The van der Waals surface area contributed by atoms with Gasteiger partial charge in [-0.1, -0.05) is 13.8 Å². The number of rotatable bonds is 4. The van der Waals surface area contributed by atoms with Crippen LogP contribution >= 0.6 is 0 Å². The summed E-state index contributed by atoms with van der Waals surface area (Å²) in [6.45, 7) is 5.98. The molecule has 1 aliphatic heterocycles. The zero-order valence-corrected chi connectivity index (χ0v) is 11.8. The van der Waals surface area contributed by atoms with Gasteiger partial charge in [0, 0.05) is 19.1 Å². The lowest BCUT2D eigenvalue weighted by Gasteiger charge is -2.37. The first kappa shape index (κ1) is 14.2. The molecule has 0 bridgehead atoms. The summed E-state index contributed by atoms with van der Waals surface area (Å²) < 4.78 is 0. The van der Waals surface area contributed by atoms with E-state index in [1.165, 1.54) is 0 Å². The first-order valence-electron chi connectivity index (χ1n) is 7.15. The Balaban J connectivity index is 1.84. The number of carbonyl (C=O) groups is 2. The summed E-state index contributed by atoms with van der Waals surface area (Å²) >= 11 is 0. The highest BCUT2D eigenvalue weighted by Crippen LogP contribution is 2.34. The van der Waals surface area contributed by atoms with Crippen LogP contribution < -0.4 is 5.32 Å². The van der Waals surface area contributed by atoms with Crippen LogP contribution in [0, 0.1) is 11.3 Å². The molecule has 2 fully saturated rings. The van der Waals surface area contributed by atoms with Crippen molar-refractivity contribution in [1.29, 1.82) is 0 Å². The summed E-state index contributed by atoms with van der Waals surface area (Å²) in [5, 5.41) is 11.8. The minimum atomic E-state index is -0.836. The molecule has 1 saturated carbocycles. The number of amides is 2. The van der Waals surface area contributed by atoms with Crippen molar-refractivity contribution in [2.75, 3.05) is 13.1 Å². The van der Waals surface area contributed by atoms with Crippen LogP contribution in [0.4, 0.5) is 4.79 Å². The van der Waals surface area contributed by atoms with Gasteiger partial charge in [0.15, 0.2) is 0 Å². The Morgan fingerprint density at radius 3 is 2.37 bits per heavy atom. The predicted molar refractivity (Wildman–Crippen MR) is 71.9 cm³/mol. The molecule has 1 heterocycles. The van der Waals surface area contributed by atoms with E-state index in [4.69, 9.17) is 5.11 Å². The number of hydrogen-bond donors (Lipinski definition) is 2. The molecule has 2 aliphatic rings. The maximum Gasteiger partial charge on any atom is 0.317 e. The first-order valence-corrected chi connectivity index (χ1v) is 7.15. The van der Waals surface area contributed by atoms with Crippen molar-refractivity contribution >= 4 is 12.0 Å². The first-order chi connectivity index (χ1) is 8.87. The van der Waals surface area contributed by atoms with Gasteiger partial charge in [-0.2, -0.15) is 0 Å². The number of nitrogens with zero attached hydrogens (tertiary/aromatic N) is 1. The van der Waals surface area contributed by atoms with Crippen molar-refractivity contribution in [2.45, 2.75) is 52.0 Å². The highest BCUT2D eigenvalue weighted by molar-refractivity contribution is 5.76. The molecule has 19 heavy (non-hydrogen) atoms. The minimum absolute atomic E-state index is 0.0374. The van der Waals surface area contributed by atoms with Gasteiger partial charge in [-0.05, 0) is 37.0 Å². The number of nitrogens with one attached hydrogen (secondary N) is 1. The van der Waals surface area contributed by atoms with Crippen LogP contribution in [0.3, 0.4) is 0 Å². The van der Waals surface area contributed by atoms with Crippen LogP contribution in [0.25, 0.3) is 0 Å². The van der Waals surface area contributed by atoms with Crippen LogP contribution in [0.15, 0.2) is 0 Å². The molecular weight excluding hydrogens is 244 g/mol. The lowest BCUT2D eigenvalue weighted by Crippen LogP contribution is -2.50. The lowest BCUT2D eigenvalue weighted by molar-refractivity contribution is -0.137. The van der Waals surface area contributed by atoms with Gasteiger partial charge in [-0.15, -0.1) is 0 Å². The van der Waals surface area contributed by atoms with Crippen molar-refractivity contribution < 1.29 is 14.7 Å². The maximum absolute atomic E-state index is 12.2. The standard InChI is InChI=1S/C14H24N2O3/c1-14(2)5-7-16(8-6-14)13(19)15-11(9-12(17)18)10-3-4-10/h10-11H,3-9H2,1-2H3,(H,15,19)(H,17,18). The quantitative estimate of drug-likeness (QED) is 0.820. The van der Waals surface area contributed by atoms with E-state index < -0.39 is 5.97 Å². The van der Waals surface area contributed by atoms with Crippen LogP contribution in [0.2, 0.25) is 0 Å². The molecule has 5 heteroatoms. The number of piperidine rings is 1. The summed E-state index contributed by atoms with van der Waals surface area (Å²) in [4.78, 5) is 24.8. The smallest absolute Gasteiger partial charge is 0.317 e. The fourth-order valence-corrected chi connectivity index (χ4v) is 2.59. The van der Waals surface area contributed by atoms with E-state index in [1.807, 2.05) is 4.90 Å². The summed E-state index contributed by atoms with van der Waals surface area (Å²) in [5.74, 6) is -0.474. The van der Waals surface area contributed by atoms with Crippen molar-refractivity contribution in [1.82, 2.24) is 10.2 Å². The molecule has 1 atom stereocenters. The second-order valence-electron chi connectivity index (χ2n) is 6.64. The fraction of sp³-hybridized carbons (Fsp3) is 0.857. The molecule has 0 spiro atoms. The molecule has 0 aromatic carbocycles. The minimum Gasteiger partial charge on any atom is -0.481 e. The van der Waals surface area contributed by atoms with E-state index in [1.54, 1.807) is 0 Å². The van der Waals surface area contributed by atoms with Crippen LogP contribution in [0.5, 0.6) is 0 Å². The Labute approximate surface area is 114 Å². The van der Waals surface area contributed by atoms with E-state index in [2.05, 4.69) is 19.2 Å². The van der Waals surface area contributed by atoms with Crippen molar-refractivity contribution in [3.8, 4) is 0 Å². The summed E-state index contributed by atoms with van der Waals surface area (Å²) in [6.07, 6.45) is 4.12. The summed E-state index contributed by atoms with van der Waals surface area (Å²) in [5.41, 5.74) is 0.313. The van der Waals surface area contributed by atoms with Gasteiger partial charge in [0.05, 0.1) is 6.42 Å². The molecule has 2 N–H and O–H groups in total. The van der Waals surface area contributed by atoms with Crippen molar-refractivity contribution in [3.63, 3.8) is 0 Å². The van der Waals surface area contributed by atoms with Gasteiger partial charge >= 0.3 is 12.0 Å². The summed E-state index contributed by atoms with van der Waals surface area (Å²) in [7, 11) is 0. The monoisotopic (exact) mass is 268 g/mol. The molecule has 1 saturated heterocycles. The third-order valence-electron chi connectivity index (χ3n) is 4.30. The Morgan fingerprint density at radius 1 is 1.32 bits per heavy atom. The molecular formula is C14H24N2O3. The molecule has 108 valence electrons. The molecule has 5 nitrogen and oxygen atoms in total. The highest BCUT2D eigenvalue weighted by atomic mass is 16.4. The second-order valence-corrected chi connectivity index (χ2v) is 6.64. The van der Waals surface area contributed by atoms with E-state index in [-0.39, 0.29) is 18.5 Å². The SMILES string of the molecule is CC1(C)CCN(C(=O)NC(CC(=O)O)C2CC2)CC1. The van der Waals surface area contributed by atoms with Gasteiger partial charge in [0.2, 0.25) is 0 Å². The average Bonchev–Trinajstić information content (AvgIpc) is 3.10. The Kier molecular flexibility index (Phi) is 4.02. The molecule has 2 rings (SSSR count). The lowest BCUT2D eigenvalue weighted by atomic mass is 9.83. The van der Waals surface area contributed by atoms with E-state index in [0.29, 0.717) is 11.3 Å². The van der Waals surface area contributed by atoms with Gasteiger partial charge in [0.1, 0.15) is 0 Å². The number of carboxylic acid groups (broad SMARTS) is 1. The molecule has 1 aliphatic carbocycles. The Hall–Kier alpha value is -1.26. The second kappa shape index (κ2) is 5.39. The maximum atomic E-state index is 12.2. The summed E-state index contributed by atoms with van der Waals surface area (Å²) in [6, 6.07) is -0.284. The van der Waals surface area contributed by atoms with E-state index in [9.17, 15) is 9.59 Å². The number of urea groups is 1. The molecule has 2 amide bonds. The van der Waals surface area contributed by atoms with E-state index >= 15 is 0 Å².